The minimum absolute atomic E-state index is 0.000704. The van der Waals surface area contributed by atoms with E-state index in [1.54, 1.807) is 21.1 Å². The molecular formula is C33H63NO6. The molecule has 40 heavy (non-hydrogen) atoms. The number of aliphatic hydroxyl groups excluding tert-OH is 1. The number of aliphatic hydroxyl groups is 1. The lowest BCUT2D eigenvalue weighted by Crippen LogP contribution is -2.55. The van der Waals surface area contributed by atoms with Crippen molar-refractivity contribution in [1.82, 2.24) is 0 Å². The summed E-state index contributed by atoms with van der Waals surface area (Å²) in [7, 11) is 5.36. The number of carboxylic acid groups (broad SMARTS) is 1. The second-order valence-electron chi connectivity index (χ2n) is 12.3. The summed E-state index contributed by atoms with van der Waals surface area (Å²) < 4.78 is 10.7. The molecule has 0 spiro atoms. The summed E-state index contributed by atoms with van der Waals surface area (Å²) in [5.74, 6) is -1.41. The summed E-state index contributed by atoms with van der Waals surface area (Å²) >= 11 is 0. The van der Waals surface area contributed by atoms with Crippen LogP contribution in [0.25, 0.3) is 0 Å². The van der Waals surface area contributed by atoms with Gasteiger partial charge >= 0.3 is 5.97 Å². The van der Waals surface area contributed by atoms with Gasteiger partial charge in [0, 0.05) is 12.8 Å². The quantitative estimate of drug-likeness (QED) is 0.0505. The molecule has 2 atom stereocenters. The second kappa shape index (κ2) is 26.5. The number of carboxylic acids is 1. The van der Waals surface area contributed by atoms with Crippen molar-refractivity contribution in [3.05, 3.63) is 12.2 Å². The number of allylic oxidation sites excluding steroid dienone is 2. The van der Waals surface area contributed by atoms with Crippen molar-refractivity contribution >= 4 is 11.9 Å². The average Bonchev–Trinajstić information content (AvgIpc) is 2.89. The fourth-order valence-corrected chi connectivity index (χ4v) is 4.77. The number of quaternary nitrogens is 1. The van der Waals surface area contributed by atoms with Crippen molar-refractivity contribution in [2.24, 2.45) is 0 Å². The SMILES string of the molecule is CCCCCCCCCCC/C=C/CCCCCCCCCC(=O)OCC(O)COCCC(C(=O)[O-])[N+](C)(C)C. The molecule has 0 aliphatic rings. The number of aliphatic carboxylic acids is 1. The zero-order chi connectivity index (χ0) is 29.9. The van der Waals surface area contributed by atoms with Crippen LogP contribution in [0.1, 0.15) is 135 Å². The number of carbonyl (C=O) groups is 2. The van der Waals surface area contributed by atoms with Crippen LogP contribution in [0.3, 0.4) is 0 Å². The van der Waals surface area contributed by atoms with Crippen molar-refractivity contribution in [2.75, 3.05) is 41.0 Å². The van der Waals surface area contributed by atoms with Gasteiger partial charge in [-0.3, -0.25) is 4.79 Å². The molecule has 7 nitrogen and oxygen atoms in total. The summed E-state index contributed by atoms with van der Waals surface area (Å²) in [5, 5.41) is 21.2. The van der Waals surface area contributed by atoms with Crippen LogP contribution in [0.15, 0.2) is 12.2 Å². The number of esters is 1. The maximum atomic E-state index is 11.9. The Hall–Kier alpha value is -1.44. The number of hydrogen-bond donors (Lipinski definition) is 1. The van der Waals surface area contributed by atoms with Crippen molar-refractivity contribution in [2.45, 2.75) is 147 Å². The Morgan fingerprint density at radius 2 is 1.23 bits per heavy atom. The monoisotopic (exact) mass is 569 g/mol. The number of likely N-dealkylation sites (N-methyl/N-ethyl adjacent to an activating group) is 1. The first-order valence-corrected chi connectivity index (χ1v) is 16.3. The Labute approximate surface area is 246 Å². The summed E-state index contributed by atoms with van der Waals surface area (Å²) in [6.45, 7) is 2.36. The maximum absolute atomic E-state index is 11.9. The number of hydrogen-bond acceptors (Lipinski definition) is 6. The van der Waals surface area contributed by atoms with E-state index in [0.29, 0.717) is 6.42 Å². The molecule has 0 aliphatic heterocycles. The Morgan fingerprint density at radius 1 is 0.750 bits per heavy atom. The molecule has 0 bridgehead atoms. The predicted octanol–water partition coefficient (Wildman–Crippen LogP) is 6.11. The summed E-state index contributed by atoms with van der Waals surface area (Å²) in [6.07, 6.45) is 27.3. The molecule has 0 saturated heterocycles. The van der Waals surface area contributed by atoms with E-state index in [9.17, 15) is 19.8 Å². The third kappa shape index (κ3) is 25.5. The highest BCUT2D eigenvalue weighted by Crippen LogP contribution is 2.13. The Bertz CT molecular complexity index is 631. The Kier molecular flexibility index (Phi) is 25.5. The van der Waals surface area contributed by atoms with Crippen LogP contribution in [0.2, 0.25) is 0 Å². The lowest BCUT2D eigenvalue weighted by molar-refractivity contribution is -0.889. The lowest BCUT2D eigenvalue weighted by atomic mass is 10.1. The fraction of sp³-hybridized carbons (Fsp3) is 0.879. The fourth-order valence-electron chi connectivity index (χ4n) is 4.77. The van der Waals surface area contributed by atoms with Gasteiger partial charge in [0.1, 0.15) is 18.8 Å². The summed E-state index contributed by atoms with van der Waals surface area (Å²) in [6, 6.07) is -0.684. The van der Waals surface area contributed by atoms with E-state index in [4.69, 9.17) is 9.47 Å². The first-order chi connectivity index (χ1) is 19.2. The summed E-state index contributed by atoms with van der Waals surface area (Å²) in [5.41, 5.74) is 0. The van der Waals surface area contributed by atoms with Gasteiger partial charge < -0.3 is 29.0 Å². The smallest absolute Gasteiger partial charge is 0.305 e. The Balaban J connectivity index is 3.47. The van der Waals surface area contributed by atoms with E-state index >= 15 is 0 Å². The van der Waals surface area contributed by atoms with E-state index in [0.717, 1.165) is 19.3 Å². The van der Waals surface area contributed by atoms with E-state index in [1.807, 2.05) is 0 Å². The molecule has 2 unspecified atom stereocenters. The van der Waals surface area contributed by atoms with E-state index < -0.39 is 18.1 Å². The van der Waals surface area contributed by atoms with Gasteiger partial charge in [0.05, 0.1) is 40.3 Å². The maximum Gasteiger partial charge on any atom is 0.305 e. The van der Waals surface area contributed by atoms with Gasteiger partial charge in [0.25, 0.3) is 0 Å². The average molecular weight is 570 g/mol. The molecule has 0 rings (SSSR count). The number of ether oxygens (including phenoxy) is 2. The number of nitrogens with zero attached hydrogens (tertiary/aromatic N) is 1. The zero-order valence-electron chi connectivity index (χ0n) is 26.5. The molecule has 236 valence electrons. The standard InChI is InChI=1S/C33H63NO6/c1-5-6-7-8-9-10-11-12-13-14-15-16-17-18-19-20-21-22-23-24-25-32(36)40-29-30(35)28-39-27-26-31(33(37)38)34(2,3)4/h15-16,30-31,35H,5-14,17-29H2,1-4H3/b16-15+. The number of rotatable bonds is 29. The van der Waals surface area contributed by atoms with Crippen LogP contribution in [-0.2, 0) is 19.1 Å². The van der Waals surface area contributed by atoms with Gasteiger partial charge in [-0.2, -0.15) is 0 Å². The molecule has 7 heteroatoms. The topological polar surface area (TPSA) is 95.9 Å². The number of unbranched alkanes of at least 4 members (excludes halogenated alkanes) is 16. The molecule has 0 aromatic carbocycles. The lowest BCUT2D eigenvalue weighted by Gasteiger charge is -2.34. The predicted molar refractivity (Wildman–Crippen MR) is 162 cm³/mol. The van der Waals surface area contributed by atoms with Gasteiger partial charge in [-0.05, 0) is 32.1 Å². The molecule has 0 aliphatic carbocycles. The largest absolute Gasteiger partial charge is 0.544 e. The molecule has 1 N–H and O–H groups in total. The van der Waals surface area contributed by atoms with Crippen LogP contribution >= 0.6 is 0 Å². The van der Waals surface area contributed by atoms with Crippen LogP contribution in [0, 0.1) is 0 Å². The zero-order valence-corrected chi connectivity index (χ0v) is 26.5. The summed E-state index contributed by atoms with van der Waals surface area (Å²) in [4.78, 5) is 23.1. The van der Waals surface area contributed by atoms with Crippen LogP contribution in [-0.4, -0.2) is 74.6 Å². The highest BCUT2D eigenvalue weighted by molar-refractivity contribution is 5.69. The molecule has 0 fully saturated rings. The van der Waals surface area contributed by atoms with Crippen LogP contribution < -0.4 is 5.11 Å². The van der Waals surface area contributed by atoms with Crippen LogP contribution in [0.5, 0.6) is 0 Å². The molecule has 0 amide bonds. The van der Waals surface area contributed by atoms with E-state index in [1.165, 1.54) is 96.3 Å². The first-order valence-electron chi connectivity index (χ1n) is 16.3. The second-order valence-corrected chi connectivity index (χ2v) is 12.3. The molecular weight excluding hydrogens is 506 g/mol. The molecule has 0 saturated carbocycles. The van der Waals surface area contributed by atoms with Crippen molar-refractivity contribution in [3.8, 4) is 0 Å². The first kappa shape index (κ1) is 38.6. The van der Waals surface area contributed by atoms with Gasteiger partial charge in [0.2, 0.25) is 0 Å². The normalized spacial score (nSPS) is 13.5. The van der Waals surface area contributed by atoms with Gasteiger partial charge in [-0.15, -0.1) is 0 Å². The third-order valence-electron chi connectivity index (χ3n) is 7.38. The highest BCUT2D eigenvalue weighted by Gasteiger charge is 2.24. The molecule has 0 aromatic rings. The molecule has 0 heterocycles. The highest BCUT2D eigenvalue weighted by atomic mass is 16.5. The van der Waals surface area contributed by atoms with Gasteiger partial charge in [-0.1, -0.05) is 103 Å². The third-order valence-corrected chi connectivity index (χ3v) is 7.38. The Morgan fingerprint density at radius 3 is 1.70 bits per heavy atom. The number of carbonyl (C=O) groups excluding carboxylic acids is 2. The minimum Gasteiger partial charge on any atom is -0.544 e. The van der Waals surface area contributed by atoms with Crippen LogP contribution in [0.4, 0.5) is 0 Å². The molecule has 0 aromatic heterocycles. The van der Waals surface area contributed by atoms with E-state index in [2.05, 4.69) is 19.1 Å². The van der Waals surface area contributed by atoms with Crippen molar-refractivity contribution in [3.63, 3.8) is 0 Å². The van der Waals surface area contributed by atoms with Gasteiger partial charge in [0.15, 0.2) is 0 Å². The van der Waals surface area contributed by atoms with Crippen molar-refractivity contribution < 1.29 is 33.8 Å². The molecule has 0 radical (unpaired) electrons. The van der Waals surface area contributed by atoms with Crippen molar-refractivity contribution in [1.29, 1.82) is 0 Å². The van der Waals surface area contributed by atoms with E-state index in [-0.39, 0.29) is 36.7 Å². The van der Waals surface area contributed by atoms with Gasteiger partial charge in [-0.25, -0.2) is 0 Å². The minimum atomic E-state index is -1.12.